The summed E-state index contributed by atoms with van der Waals surface area (Å²) in [5, 5.41) is 23.1. The van der Waals surface area contributed by atoms with Crippen molar-refractivity contribution in [1.82, 2.24) is 5.32 Å². The number of nitrogens with one attached hydrogen (secondary N) is 1. The van der Waals surface area contributed by atoms with Crippen molar-refractivity contribution in [1.29, 1.82) is 0 Å². The third-order valence-corrected chi connectivity index (χ3v) is 4.62. The number of aliphatic hydroxyl groups excluding tert-OH is 2. The Balaban J connectivity index is 0.000000762. The summed E-state index contributed by atoms with van der Waals surface area (Å²) >= 11 is 0. The first-order valence-electron chi connectivity index (χ1n) is 10.6. The number of primary amides is 2. The largest absolute Gasteiger partial charge is 0.387 e. The highest BCUT2D eigenvalue weighted by Crippen LogP contribution is 2.15. The molecule has 4 atom stereocenters. The van der Waals surface area contributed by atoms with Crippen LogP contribution in [-0.2, 0) is 37.1 Å². The predicted molar refractivity (Wildman–Crippen MR) is 128 cm³/mol. The third-order valence-electron chi connectivity index (χ3n) is 4.62. The Bertz CT molecular complexity index is 899. The quantitative estimate of drug-likeness (QED) is 0.254. The zero-order valence-corrected chi connectivity index (χ0v) is 19.4. The van der Waals surface area contributed by atoms with Gasteiger partial charge in [-0.3, -0.25) is 14.4 Å². The number of carbonyl (C=O) groups excluding carboxylic acids is 3. The first-order valence-corrected chi connectivity index (χ1v) is 10.6. The molecule has 7 N–H and O–H groups in total. The van der Waals surface area contributed by atoms with Crippen LogP contribution in [0.25, 0.3) is 0 Å². The summed E-state index contributed by atoms with van der Waals surface area (Å²) in [4.78, 5) is 33.6. The summed E-state index contributed by atoms with van der Waals surface area (Å²) in [6, 6.07) is 17.8. The van der Waals surface area contributed by atoms with Crippen LogP contribution in [0, 0.1) is 12.3 Å². The number of rotatable bonds is 12. The lowest BCUT2D eigenvalue weighted by atomic mass is 10.0. The van der Waals surface area contributed by atoms with Gasteiger partial charge in [0.2, 0.25) is 17.7 Å². The molecule has 0 aliphatic heterocycles. The minimum Gasteiger partial charge on any atom is -0.387 e. The van der Waals surface area contributed by atoms with Gasteiger partial charge in [-0.2, -0.15) is 0 Å². The Morgan fingerprint density at radius 3 is 1.49 bits per heavy atom. The van der Waals surface area contributed by atoms with Crippen LogP contribution in [0.3, 0.4) is 0 Å². The second-order valence-electron chi connectivity index (χ2n) is 7.27. The van der Waals surface area contributed by atoms with E-state index in [1.807, 2.05) is 12.1 Å². The summed E-state index contributed by atoms with van der Waals surface area (Å²) in [6.07, 6.45) is -1.77. The van der Waals surface area contributed by atoms with E-state index in [4.69, 9.17) is 27.4 Å². The Morgan fingerprint density at radius 2 is 1.23 bits per heavy atom. The number of hydrogen-bond acceptors (Lipinski definition) is 7. The van der Waals surface area contributed by atoms with Crippen molar-refractivity contribution < 1.29 is 34.1 Å². The molecule has 4 unspecified atom stereocenters. The molecule has 0 saturated heterocycles. The lowest BCUT2D eigenvalue weighted by molar-refractivity contribution is -0.167. The van der Waals surface area contributed by atoms with Gasteiger partial charge in [0.1, 0.15) is 12.2 Å². The molecule has 3 amide bonds. The van der Waals surface area contributed by atoms with Crippen LogP contribution >= 0.6 is 0 Å². The van der Waals surface area contributed by atoms with Crippen molar-refractivity contribution >= 4 is 17.7 Å². The van der Waals surface area contributed by atoms with Crippen LogP contribution in [0.5, 0.6) is 0 Å². The highest BCUT2D eigenvalue weighted by atomic mass is 16.5. The summed E-state index contributed by atoms with van der Waals surface area (Å²) in [5.74, 6) is 0.114. The molecule has 35 heavy (non-hydrogen) atoms. The molecule has 188 valence electrons. The molecule has 2 aromatic carbocycles. The van der Waals surface area contributed by atoms with Crippen molar-refractivity contribution in [2.45, 2.75) is 44.1 Å². The maximum absolute atomic E-state index is 11.7. The smallest absolute Gasteiger partial charge is 0.249 e. The first kappa shape index (κ1) is 29.3. The number of nitrogens with two attached hydrogens (primary N) is 2. The zero-order valence-electron chi connectivity index (χ0n) is 19.4. The molecule has 0 aliphatic carbocycles. The van der Waals surface area contributed by atoms with E-state index < -0.39 is 36.2 Å². The molecule has 0 aromatic heterocycles. The van der Waals surface area contributed by atoms with E-state index in [0.29, 0.717) is 0 Å². The monoisotopic (exact) mass is 485 g/mol. The molecule has 0 spiro atoms. The molecule has 2 aromatic rings. The summed E-state index contributed by atoms with van der Waals surface area (Å²) in [6.45, 7) is -0.0469. The van der Waals surface area contributed by atoms with Crippen molar-refractivity contribution in [3.8, 4) is 12.3 Å². The first-order chi connectivity index (χ1) is 16.7. The SMILES string of the molecule is C#CCC(=O)NC.NC(=O)C(OCc1ccccc1)C(O)C(O)C(OCc1ccccc1)C(N)=O. The topological polar surface area (TPSA) is 174 Å². The number of benzene rings is 2. The summed E-state index contributed by atoms with van der Waals surface area (Å²) < 4.78 is 10.7. The van der Waals surface area contributed by atoms with Crippen molar-refractivity contribution in [2.24, 2.45) is 11.5 Å². The molecule has 0 heterocycles. The number of ether oxygens (including phenoxy) is 2. The van der Waals surface area contributed by atoms with Crippen LogP contribution in [0.4, 0.5) is 0 Å². The van der Waals surface area contributed by atoms with E-state index in [0.717, 1.165) is 11.1 Å². The number of amides is 3. The van der Waals surface area contributed by atoms with Gasteiger partial charge in [-0.1, -0.05) is 66.6 Å². The van der Waals surface area contributed by atoms with Gasteiger partial charge in [0.05, 0.1) is 19.6 Å². The van der Waals surface area contributed by atoms with E-state index in [1.54, 1.807) is 55.6 Å². The van der Waals surface area contributed by atoms with Crippen LogP contribution in [0.2, 0.25) is 0 Å². The van der Waals surface area contributed by atoms with E-state index in [-0.39, 0.29) is 25.5 Å². The molecule has 0 saturated carbocycles. The second kappa shape index (κ2) is 16.0. The van der Waals surface area contributed by atoms with Gasteiger partial charge >= 0.3 is 0 Å². The summed E-state index contributed by atoms with van der Waals surface area (Å²) in [5.41, 5.74) is 12.1. The fourth-order valence-electron chi connectivity index (χ4n) is 2.76. The minimum atomic E-state index is -1.81. The Hall–Kier alpha value is -3.75. The lowest BCUT2D eigenvalue weighted by Crippen LogP contribution is -2.54. The number of hydrogen-bond donors (Lipinski definition) is 5. The van der Waals surface area contributed by atoms with Crippen LogP contribution < -0.4 is 16.8 Å². The molecular weight excluding hydrogens is 454 g/mol. The number of carbonyl (C=O) groups is 3. The van der Waals surface area contributed by atoms with E-state index in [2.05, 4.69) is 11.2 Å². The molecule has 10 heteroatoms. The molecule has 0 radical (unpaired) electrons. The van der Waals surface area contributed by atoms with Crippen molar-refractivity contribution in [2.75, 3.05) is 7.05 Å². The van der Waals surface area contributed by atoms with E-state index in [1.165, 1.54) is 0 Å². The molecular formula is C25H31N3O7. The van der Waals surface area contributed by atoms with Gasteiger partial charge in [0.25, 0.3) is 0 Å². The molecule has 10 nitrogen and oxygen atoms in total. The van der Waals surface area contributed by atoms with E-state index in [9.17, 15) is 24.6 Å². The van der Waals surface area contributed by atoms with Gasteiger partial charge in [-0.15, -0.1) is 6.42 Å². The molecule has 0 fully saturated rings. The Labute approximate surface area is 204 Å². The average molecular weight is 486 g/mol. The van der Waals surface area contributed by atoms with Gasteiger partial charge < -0.3 is 36.5 Å². The number of terminal acetylenes is 1. The normalized spacial score (nSPS) is 13.7. The van der Waals surface area contributed by atoms with Crippen molar-refractivity contribution in [3.63, 3.8) is 0 Å². The standard InChI is InChI=1S/C20H24N2O6.C5H7NO/c21-19(25)17(27-11-13-7-3-1-4-8-13)15(23)16(24)18(20(22)26)28-12-14-9-5-2-6-10-14;1-3-4-5(7)6-2/h1-10,15-18,23-24H,11-12H2,(H2,21,25)(H2,22,26);1H,4H2,2H3,(H,6,7). The number of aliphatic hydroxyl groups is 2. The molecule has 0 bridgehead atoms. The maximum atomic E-state index is 11.7. The van der Waals surface area contributed by atoms with Gasteiger partial charge in [-0.05, 0) is 11.1 Å². The van der Waals surface area contributed by atoms with Crippen LogP contribution in [-0.4, -0.2) is 59.4 Å². The Morgan fingerprint density at radius 1 is 0.857 bits per heavy atom. The van der Waals surface area contributed by atoms with Gasteiger partial charge in [-0.25, -0.2) is 0 Å². The predicted octanol–water partition coefficient (Wildman–Crippen LogP) is -0.395. The summed E-state index contributed by atoms with van der Waals surface area (Å²) in [7, 11) is 1.56. The van der Waals surface area contributed by atoms with E-state index >= 15 is 0 Å². The Kier molecular flexibility index (Phi) is 13.4. The lowest BCUT2D eigenvalue weighted by Gasteiger charge is -2.29. The van der Waals surface area contributed by atoms with Gasteiger partial charge in [0, 0.05) is 7.05 Å². The fraction of sp³-hybridized carbons (Fsp3) is 0.320. The zero-order chi connectivity index (χ0) is 26.2. The van der Waals surface area contributed by atoms with Crippen LogP contribution in [0.15, 0.2) is 60.7 Å². The minimum absolute atomic E-state index is 0.0235. The van der Waals surface area contributed by atoms with Gasteiger partial charge in [0.15, 0.2) is 12.2 Å². The average Bonchev–Trinajstić information content (AvgIpc) is 2.85. The fourth-order valence-corrected chi connectivity index (χ4v) is 2.76. The van der Waals surface area contributed by atoms with Crippen molar-refractivity contribution in [3.05, 3.63) is 71.8 Å². The highest BCUT2D eigenvalue weighted by molar-refractivity contribution is 5.81. The maximum Gasteiger partial charge on any atom is 0.249 e. The molecule has 2 rings (SSSR count). The van der Waals surface area contributed by atoms with Crippen LogP contribution in [0.1, 0.15) is 17.5 Å². The third kappa shape index (κ3) is 10.8. The molecule has 0 aliphatic rings. The highest BCUT2D eigenvalue weighted by Gasteiger charge is 2.39. The second-order valence-corrected chi connectivity index (χ2v) is 7.27.